The Bertz CT molecular complexity index is 900. The summed E-state index contributed by atoms with van der Waals surface area (Å²) in [7, 11) is -3.56. The van der Waals surface area contributed by atoms with Crippen molar-refractivity contribution in [2.75, 3.05) is 25.0 Å². The molecule has 0 radical (unpaired) electrons. The van der Waals surface area contributed by atoms with Crippen molar-refractivity contribution in [3.63, 3.8) is 0 Å². The Hall–Kier alpha value is -2.18. The summed E-state index contributed by atoms with van der Waals surface area (Å²) in [5.74, 6) is -0.132. The number of anilines is 1. The number of Topliss-reactive ketones (excluding diaryl/α,β-unsaturated/α-hetero) is 1. The van der Waals surface area contributed by atoms with E-state index in [1.807, 2.05) is 24.3 Å². The minimum Gasteiger partial charge on any atom is -0.378 e. The molecule has 1 aliphatic heterocycles. The van der Waals surface area contributed by atoms with E-state index in [1.165, 1.54) is 11.6 Å². The van der Waals surface area contributed by atoms with E-state index in [0.717, 1.165) is 37.8 Å². The van der Waals surface area contributed by atoms with Gasteiger partial charge in [0.25, 0.3) is 0 Å². The van der Waals surface area contributed by atoms with Crippen LogP contribution in [0.4, 0.5) is 5.69 Å². The Balaban J connectivity index is 1.69. The maximum absolute atomic E-state index is 13.0. The summed E-state index contributed by atoms with van der Waals surface area (Å²) in [6.07, 6.45) is 4.87. The van der Waals surface area contributed by atoms with Gasteiger partial charge in [-0.1, -0.05) is 44.0 Å². The molecule has 28 heavy (non-hydrogen) atoms. The van der Waals surface area contributed by atoms with Gasteiger partial charge in [0.2, 0.25) is 10.0 Å². The van der Waals surface area contributed by atoms with Crippen LogP contribution in [0, 0.1) is 0 Å². The first-order valence-electron chi connectivity index (χ1n) is 9.97. The number of nitrogens with zero attached hydrogens (tertiary/aromatic N) is 1. The minimum absolute atomic E-state index is 0.124. The molecule has 0 saturated carbocycles. The zero-order valence-corrected chi connectivity index (χ0v) is 17.2. The number of ketones is 1. The highest BCUT2D eigenvalue weighted by molar-refractivity contribution is 7.89. The molecule has 0 aliphatic carbocycles. The first kappa shape index (κ1) is 20.6. The molecule has 1 fully saturated rings. The van der Waals surface area contributed by atoms with Gasteiger partial charge in [-0.2, -0.15) is 4.31 Å². The summed E-state index contributed by atoms with van der Waals surface area (Å²) in [5, 5.41) is 3.11. The number of rotatable bonds is 7. The van der Waals surface area contributed by atoms with E-state index in [9.17, 15) is 13.2 Å². The predicted octanol–water partition coefficient (Wildman–Crippen LogP) is 4.11. The lowest BCUT2D eigenvalue weighted by atomic mass is 10.1. The zero-order valence-electron chi connectivity index (χ0n) is 16.4. The van der Waals surface area contributed by atoms with Crippen molar-refractivity contribution >= 4 is 21.5 Å². The van der Waals surface area contributed by atoms with Crippen molar-refractivity contribution in [1.82, 2.24) is 4.31 Å². The van der Waals surface area contributed by atoms with Crippen LogP contribution in [0.1, 0.15) is 48.5 Å². The number of sulfonamides is 1. The maximum Gasteiger partial charge on any atom is 0.243 e. The third-order valence-electron chi connectivity index (χ3n) is 5.17. The largest absolute Gasteiger partial charge is 0.378 e. The molecule has 1 aliphatic rings. The number of hydrogen-bond acceptors (Lipinski definition) is 4. The summed E-state index contributed by atoms with van der Waals surface area (Å²) >= 11 is 0. The van der Waals surface area contributed by atoms with Crippen LogP contribution in [0.3, 0.4) is 0 Å². The van der Waals surface area contributed by atoms with E-state index >= 15 is 0 Å². The van der Waals surface area contributed by atoms with Gasteiger partial charge in [0, 0.05) is 24.3 Å². The Morgan fingerprint density at radius 1 is 1.00 bits per heavy atom. The fraction of sp³-hybridized carbons (Fsp3) is 0.409. The molecule has 5 nitrogen and oxygen atoms in total. The van der Waals surface area contributed by atoms with Crippen LogP contribution in [-0.2, 0) is 16.4 Å². The molecule has 0 aromatic heterocycles. The lowest BCUT2D eigenvalue weighted by Crippen LogP contribution is -2.32. The topological polar surface area (TPSA) is 66.5 Å². The van der Waals surface area contributed by atoms with Gasteiger partial charge in [-0.25, -0.2) is 8.42 Å². The summed E-state index contributed by atoms with van der Waals surface area (Å²) in [6.45, 7) is 3.32. The molecule has 1 N–H and O–H groups in total. The smallest absolute Gasteiger partial charge is 0.243 e. The minimum atomic E-state index is -3.56. The summed E-state index contributed by atoms with van der Waals surface area (Å²) in [5.41, 5.74) is 2.52. The van der Waals surface area contributed by atoms with Gasteiger partial charge >= 0.3 is 0 Å². The molecule has 0 atom stereocenters. The van der Waals surface area contributed by atoms with Gasteiger partial charge in [-0.15, -0.1) is 0 Å². The number of carbonyl (C=O) groups excluding carboxylic acids is 1. The molecule has 6 heteroatoms. The van der Waals surface area contributed by atoms with Gasteiger partial charge in [-0.05, 0) is 49.1 Å². The van der Waals surface area contributed by atoms with Crippen LogP contribution in [0.5, 0.6) is 0 Å². The molecule has 0 spiro atoms. The molecule has 0 amide bonds. The monoisotopic (exact) mass is 400 g/mol. The third kappa shape index (κ3) is 5.00. The summed E-state index contributed by atoms with van der Waals surface area (Å²) in [6, 6.07) is 14.4. The second-order valence-electron chi connectivity index (χ2n) is 7.17. The van der Waals surface area contributed by atoms with Gasteiger partial charge in [0.1, 0.15) is 0 Å². The Labute approximate surface area is 167 Å². The van der Waals surface area contributed by atoms with Crippen molar-refractivity contribution in [2.45, 2.75) is 43.9 Å². The normalized spacial score (nSPS) is 15.8. The summed E-state index contributed by atoms with van der Waals surface area (Å²) < 4.78 is 27.5. The molecule has 2 aromatic carbocycles. The Morgan fingerprint density at radius 2 is 1.68 bits per heavy atom. The van der Waals surface area contributed by atoms with Gasteiger partial charge in [0.05, 0.1) is 11.4 Å². The van der Waals surface area contributed by atoms with Crippen LogP contribution in [0.15, 0.2) is 53.4 Å². The highest BCUT2D eigenvalue weighted by atomic mass is 32.2. The number of hydrogen-bond donors (Lipinski definition) is 1. The van der Waals surface area contributed by atoms with Gasteiger partial charge in [0.15, 0.2) is 5.78 Å². The number of nitrogens with one attached hydrogen (secondary N) is 1. The SMILES string of the molecule is CCc1ccc(NCC(=O)c2cccc(S(=O)(=O)N3CCCCCC3)c2)cc1. The lowest BCUT2D eigenvalue weighted by molar-refractivity contribution is 0.101. The first-order valence-corrected chi connectivity index (χ1v) is 11.4. The van der Waals surface area contributed by atoms with Gasteiger partial charge in [-0.3, -0.25) is 4.79 Å². The fourth-order valence-electron chi connectivity index (χ4n) is 3.40. The summed E-state index contributed by atoms with van der Waals surface area (Å²) in [4.78, 5) is 12.8. The molecule has 150 valence electrons. The van der Waals surface area contributed by atoms with Crippen molar-refractivity contribution in [1.29, 1.82) is 0 Å². The van der Waals surface area contributed by atoms with E-state index in [0.29, 0.717) is 18.7 Å². The Morgan fingerprint density at radius 3 is 2.32 bits per heavy atom. The number of aryl methyl sites for hydroxylation is 1. The molecule has 3 rings (SSSR count). The highest BCUT2D eigenvalue weighted by Crippen LogP contribution is 2.21. The molecule has 0 unspecified atom stereocenters. The fourth-order valence-corrected chi connectivity index (χ4v) is 4.97. The highest BCUT2D eigenvalue weighted by Gasteiger charge is 2.25. The molecule has 0 bridgehead atoms. The molecule has 1 heterocycles. The predicted molar refractivity (Wildman–Crippen MR) is 112 cm³/mol. The Kier molecular flexibility index (Phi) is 6.86. The molecule has 2 aromatic rings. The van der Waals surface area contributed by atoms with E-state index < -0.39 is 10.0 Å². The number of carbonyl (C=O) groups is 1. The number of benzene rings is 2. The van der Waals surface area contributed by atoms with E-state index in [4.69, 9.17) is 0 Å². The van der Waals surface area contributed by atoms with Crippen molar-refractivity contribution < 1.29 is 13.2 Å². The second kappa shape index (κ2) is 9.34. The standard InChI is InChI=1S/C22H28N2O3S/c1-2-18-10-12-20(13-11-18)23-17-22(25)19-8-7-9-21(16-19)28(26,27)24-14-5-3-4-6-15-24/h7-13,16,23H,2-6,14-15,17H2,1H3. The van der Waals surface area contributed by atoms with Gasteiger partial charge < -0.3 is 5.32 Å². The van der Waals surface area contributed by atoms with Crippen molar-refractivity contribution in [2.24, 2.45) is 0 Å². The van der Waals surface area contributed by atoms with Crippen LogP contribution in [-0.4, -0.2) is 38.1 Å². The second-order valence-corrected chi connectivity index (χ2v) is 9.11. The first-order chi connectivity index (χ1) is 13.5. The van der Waals surface area contributed by atoms with Crippen molar-refractivity contribution in [3.05, 3.63) is 59.7 Å². The zero-order chi connectivity index (χ0) is 20.0. The lowest BCUT2D eigenvalue weighted by Gasteiger charge is -2.20. The average molecular weight is 401 g/mol. The van der Waals surface area contributed by atoms with Crippen LogP contribution < -0.4 is 5.32 Å². The van der Waals surface area contributed by atoms with Crippen LogP contribution in [0.25, 0.3) is 0 Å². The van der Waals surface area contributed by atoms with Crippen molar-refractivity contribution in [3.8, 4) is 0 Å². The molecular formula is C22H28N2O3S. The third-order valence-corrected chi connectivity index (χ3v) is 7.07. The van der Waals surface area contributed by atoms with E-state index in [2.05, 4.69) is 12.2 Å². The molecule has 1 saturated heterocycles. The van der Waals surface area contributed by atoms with Crippen LogP contribution >= 0.6 is 0 Å². The maximum atomic E-state index is 13.0. The van der Waals surface area contributed by atoms with E-state index in [-0.39, 0.29) is 17.2 Å². The molecular weight excluding hydrogens is 372 g/mol. The van der Waals surface area contributed by atoms with E-state index in [1.54, 1.807) is 22.5 Å². The quantitative estimate of drug-likeness (QED) is 0.711. The van der Waals surface area contributed by atoms with Crippen LogP contribution in [0.2, 0.25) is 0 Å². The average Bonchev–Trinajstić information content (AvgIpc) is 3.02.